The van der Waals surface area contributed by atoms with Gasteiger partial charge in [-0.05, 0) is 52.4 Å². The van der Waals surface area contributed by atoms with Crippen molar-refractivity contribution in [1.29, 1.82) is 0 Å². The Morgan fingerprint density at radius 1 is 1.41 bits per heavy atom. The number of aldehydes is 1. The number of hydrogen-bond acceptors (Lipinski definition) is 2. The van der Waals surface area contributed by atoms with Crippen LogP contribution in [0.15, 0.2) is 22.7 Å². The number of carbonyl (C=O) groups is 1. The first-order valence-corrected chi connectivity index (χ1v) is 6.99. The number of nitrogens with zero attached hydrogens (tertiary/aromatic N) is 1. The molecule has 0 spiro atoms. The van der Waals surface area contributed by atoms with Crippen molar-refractivity contribution in [3.05, 3.63) is 28.2 Å². The quantitative estimate of drug-likeness (QED) is 0.789. The molecule has 3 heteroatoms. The van der Waals surface area contributed by atoms with E-state index >= 15 is 0 Å². The lowest BCUT2D eigenvalue weighted by atomic mass is 9.98. The maximum atomic E-state index is 10.5. The van der Waals surface area contributed by atoms with Gasteiger partial charge in [-0.2, -0.15) is 0 Å². The Morgan fingerprint density at radius 2 is 2.12 bits per heavy atom. The third kappa shape index (κ3) is 2.89. The average Bonchev–Trinajstić information content (AvgIpc) is 2.82. The van der Waals surface area contributed by atoms with E-state index in [1.165, 1.54) is 24.1 Å². The first kappa shape index (κ1) is 12.6. The summed E-state index contributed by atoms with van der Waals surface area (Å²) in [5.74, 6) is 0.302. The Kier molecular flexibility index (Phi) is 4.21. The van der Waals surface area contributed by atoms with Crippen molar-refractivity contribution < 1.29 is 4.79 Å². The van der Waals surface area contributed by atoms with Gasteiger partial charge >= 0.3 is 0 Å². The van der Waals surface area contributed by atoms with Gasteiger partial charge in [0.15, 0.2) is 0 Å². The second kappa shape index (κ2) is 5.67. The van der Waals surface area contributed by atoms with Gasteiger partial charge in [-0.25, -0.2) is 0 Å². The fraction of sp³-hybridized carbons (Fsp3) is 0.500. The normalized spacial score (nSPS) is 17.2. The molecule has 1 fully saturated rings. The molecule has 1 aliphatic heterocycles. The number of rotatable bonds is 4. The summed E-state index contributed by atoms with van der Waals surface area (Å²) in [6.07, 6.45) is 4.16. The van der Waals surface area contributed by atoms with Gasteiger partial charge in [-0.1, -0.05) is 13.0 Å². The van der Waals surface area contributed by atoms with E-state index in [-0.39, 0.29) is 0 Å². The van der Waals surface area contributed by atoms with Crippen LogP contribution in [0.5, 0.6) is 0 Å². The minimum atomic E-state index is 0.302. The molecule has 1 atom stereocenters. The van der Waals surface area contributed by atoms with Gasteiger partial charge in [-0.15, -0.1) is 0 Å². The topological polar surface area (TPSA) is 20.3 Å². The first-order chi connectivity index (χ1) is 8.22. The number of hydrogen-bond donors (Lipinski definition) is 0. The lowest BCUT2D eigenvalue weighted by Crippen LogP contribution is -2.18. The molecule has 92 valence electrons. The Balaban J connectivity index is 2.18. The second-order valence-corrected chi connectivity index (χ2v) is 5.56. The molecule has 0 aromatic heterocycles. The van der Waals surface area contributed by atoms with Crippen LogP contribution in [0.1, 0.15) is 37.7 Å². The first-order valence-electron chi connectivity index (χ1n) is 6.20. The van der Waals surface area contributed by atoms with Crippen LogP contribution in [0, 0.1) is 0 Å². The molecule has 2 nitrogen and oxygen atoms in total. The summed E-state index contributed by atoms with van der Waals surface area (Å²) in [4.78, 5) is 12.9. The van der Waals surface area contributed by atoms with Crippen LogP contribution >= 0.6 is 15.9 Å². The molecule has 1 aromatic rings. The maximum absolute atomic E-state index is 10.5. The van der Waals surface area contributed by atoms with Crippen LogP contribution in [-0.2, 0) is 4.79 Å². The number of carbonyl (C=O) groups excluding carboxylic acids is 1. The Morgan fingerprint density at radius 3 is 2.71 bits per heavy atom. The van der Waals surface area contributed by atoms with E-state index in [1.807, 2.05) is 0 Å². The number of anilines is 1. The summed E-state index contributed by atoms with van der Waals surface area (Å²) in [5, 5.41) is 0. The van der Waals surface area contributed by atoms with Crippen LogP contribution in [0.2, 0.25) is 0 Å². The van der Waals surface area contributed by atoms with Gasteiger partial charge in [0, 0.05) is 24.0 Å². The summed E-state index contributed by atoms with van der Waals surface area (Å²) >= 11 is 3.65. The summed E-state index contributed by atoms with van der Waals surface area (Å²) in [7, 11) is 0. The van der Waals surface area contributed by atoms with Gasteiger partial charge in [0.1, 0.15) is 6.29 Å². The molecule has 0 N–H and O–H groups in total. The van der Waals surface area contributed by atoms with Gasteiger partial charge in [0.25, 0.3) is 0 Å². The highest BCUT2D eigenvalue weighted by Crippen LogP contribution is 2.32. The number of benzene rings is 1. The zero-order valence-electron chi connectivity index (χ0n) is 10.2. The molecule has 2 rings (SSSR count). The molecule has 0 radical (unpaired) electrons. The third-order valence-corrected chi connectivity index (χ3v) is 4.07. The highest BCUT2D eigenvalue weighted by molar-refractivity contribution is 9.10. The SMILES string of the molecule is CC(CC=O)c1ccc(N2CCCC2)c(Br)c1. The van der Waals surface area contributed by atoms with E-state index in [2.05, 4.69) is 46.0 Å². The summed E-state index contributed by atoms with van der Waals surface area (Å²) in [6.45, 7) is 4.40. The molecule has 1 aromatic carbocycles. The van der Waals surface area contributed by atoms with E-state index in [1.54, 1.807) is 0 Å². The van der Waals surface area contributed by atoms with E-state index in [9.17, 15) is 4.79 Å². The highest BCUT2D eigenvalue weighted by atomic mass is 79.9. The smallest absolute Gasteiger partial charge is 0.120 e. The fourth-order valence-corrected chi connectivity index (χ4v) is 2.97. The van der Waals surface area contributed by atoms with Crippen LogP contribution in [0.4, 0.5) is 5.69 Å². The molecule has 0 bridgehead atoms. The van der Waals surface area contributed by atoms with E-state index in [0.717, 1.165) is 23.8 Å². The lowest BCUT2D eigenvalue weighted by Gasteiger charge is -2.20. The molecular formula is C14H18BrNO. The summed E-state index contributed by atoms with van der Waals surface area (Å²) in [6, 6.07) is 6.47. The standard InChI is InChI=1S/C14H18BrNO/c1-11(6-9-17)12-4-5-14(13(15)10-12)16-7-2-3-8-16/h4-5,9-11H,2-3,6-8H2,1H3. The average molecular weight is 296 g/mol. The maximum Gasteiger partial charge on any atom is 0.120 e. The Hall–Kier alpha value is -0.830. The predicted octanol–water partition coefficient (Wildman–Crippen LogP) is 3.74. The monoisotopic (exact) mass is 295 g/mol. The highest BCUT2D eigenvalue weighted by Gasteiger charge is 2.16. The van der Waals surface area contributed by atoms with Crippen LogP contribution in [0.3, 0.4) is 0 Å². The molecule has 1 unspecified atom stereocenters. The minimum Gasteiger partial charge on any atom is -0.371 e. The molecule has 1 saturated heterocycles. The Bertz CT molecular complexity index is 399. The van der Waals surface area contributed by atoms with Gasteiger partial charge in [-0.3, -0.25) is 0 Å². The van der Waals surface area contributed by atoms with Crippen molar-refractivity contribution in [1.82, 2.24) is 0 Å². The molecule has 0 amide bonds. The van der Waals surface area contributed by atoms with Crippen LogP contribution in [-0.4, -0.2) is 19.4 Å². The van der Waals surface area contributed by atoms with Crippen molar-refractivity contribution in [2.45, 2.75) is 32.1 Å². The van der Waals surface area contributed by atoms with E-state index < -0.39 is 0 Å². The molecule has 1 aliphatic rings. The zero-order valence-corrected chi connectivity index (χ0v) is 11.7. The van der Waals surface area contributed by atoms with E-state index in [0.29, 0.717) is 12.3 Å². The van der Waals surface area contributed by atoms with Gasteiger partial charge < -0.3 is 9.69 Å². The molecule has 0 aliphatic carbocycles. The molecule has 0 saturated carbocycles. The van der Waals surface area contributed by atoms with Crippen molar-refractivity contribution in [3.8, 4) is 0 Å². The fourth-order valence-electron chi connectivity index (χ4n) is 2.32. The molecule has 17 heavy (non-hydrogen) atoms. The van der Waals surface area contributed by atoms with E-state index in [4.69, 9.17) is 0 Å². The number of halogens is 1. The van der Waals surface area contributed by atoms with Gasteiger partial charge in [0.05, 0.1) is 5.69 Å². The van der Waals surface area contributed by atoms with Crippen molar-refractivity contribution in [2.75, 3.05) is 18.0 Å². The third-order valence-electron chi connectivity index (χ3n) is 3.44. The predicted molar refractivity (Wildman–Crippen MR) is 74.7 cm³/mol. The van der Waals surface area contributed by atoms with Gasteiger partial charge in [0.2, 0.25) is 0 Å². The molecule has 1 heterocycles. The van der Waals surface area contributed by atoms with Crippen LogP contribution < -0.4 is 4.90 Å². The van der Waals surface area contributed by atoms with Crippen molar-refractivity contribution >= 4 is 27.9 Å². The largest absolute Gasteiger partial charge is 0.371 e. The zero-order chi connectivity index (χ0) is 12.3. The van der Waals surface area contributed by atoms with Crippen LogP contribution in [0.25, 0.3) is 0 Å². The minimum absolute atomic E-state index is 0.302. The lowest BCUT2D eigenvalue weighted by molar-refractivity contribution is -0.108. The summed E-state index contributed by atoms with van der Waals surface area (Å²) < 4.78 is 1.15. The summed E-state index contributed by atoms with van der Waals surface area (Å²) in [5.41, 5.74) is 2.51. The Labute approximate surface area is 111 Å². The molecular weight excluding hydrogens is 278 g/mol. The second-order valence-electron chi connectivity index (χ2n) is 4.71. The van der Waals surface area contributed by atoms with Crippen molar-refractivity contribution in [2.24, 2.45) is 0 Å². The van der Waals surface area contributed by atoms with Crippen molar-refractivity contribution in [3.63, 3.8) is 0 Å².